The fourth-order valence-electron chi connectivity index (χ4n) is 5.84. The molecule has 0 unspecified atom stereocenters. The molecular weight excluding hydrogens is 312 g/mol. The van der Waals surface area contributed by atoms with Gasteiger partial charge in [-0.25, -0.2) is 0 Å². The second kappa shape index (κ2) is 6.11. The van der Waals surface area contributed by atoms with Crippen molar-refractivity contribution in [1.82, 2.24) is 9.88 Å². The summed E-state index contributed by atoms with van der Waals surface area (Å²) in [5.41, 5.74) is 4.13. The maximum atomic E-state index is 10.5. The van der Waals surface area contributed by atoms with E-state index in [2.05, 4.69) is 34.1 Å². The number of aliphatic hydroxyl groups excluding tert-OH is 2. The standard InChI is InChI=1S/C21H28N2O2/c24-12-17-14-9-13(5-6-20(17)25)11-23-8-7-16-15-3-1-2-4-18(15)22-21(16)19(23)10-14/h1-4,13-14,17,19-20,22,24-25H,5-12H2/t13-,14+,17+,19-,20-/m0/s1. The highest BCUT2D eigenvalue weighted by atomic mass is 16.3. The Morgan fingerprint density at radius 2 is 2.04 bits per heavy atom. The summed E-state index contributed by atoms with van der Waals surface area (Å²) >= 11 is 0. The second-order valence-electron chi connectivity index (χ2n) is 8.41. The first kappa shape index (κ1) is 15.9. The van der Waals surface area contributed by atoms with Gasteiger partial charge in [-0.15, -0.1) is 0 Å². The maximum Gasteiger partial charge on any atom is 0.0593 e. The van der Waals surface area contributed by atoms with Crippen LogP contribution >= 0.6 is 0 Å². The zero-order valence-electron chi connectivity index (χ0n) is 14.7. The third kappa shape index (κ3) is 2.54. The first-order valence-corrected chi connectivity index (χ1v) is 9.87. The molecule has 0 amide bonds. The van der Waals surface area contributed by atoms with E-state index >= 15 is 0 Å². The summed E-state index contributed by atoms with van der Waals surface area (Å²) in [6.07, 6.45) is 4.94. The average molecular weight is 340 g/mol. The lowest BCUT2D eigenvalue weighted by Crippen LogP contribution is -2.38. The summed E-state index contributed by atoms with van der Waals surface area (Å²) < 4.78 is 0. The first-order chi connectivity index (χ1) is 12.2. The van der Waals surface area contributed by atoms with Crippen molar-refractivity contribution in [3.8, 4) is 0 Å². The van der Waals surface area contributed by atoms with E-state index in [1.807, 2.05) is 0 Å². The molecule has 3 aliphatic rings. The van der Waals surface area contributed by atoms with Crippen LogP contribution in [0.4, 0.5) is 0 Å². The first-order valence-electron chi connectivity index (χ1n) is 9.87. The van der Waals surface area contributed by atoms with Crippen LogP contribution in [0, 0.1) is 17.8 Å². The van der Waals surface area contributed by atoms with Crippen molar-refractivity contribution in [2.75, 3.05) is 19.7 Å². The van der Waals surface area contributed by atoms with Gasteiger partial charge < -0.3 is 15.2 Å². The number of para-hydroxylation sites is 1. The van der Waals surface area contributed by atoms with Gasteiger partial charge in [0.15, 0.2) is 0 Å². The van der Waals surface area contributed by atoms with E-state index in [1.165, 1.54) is 22.2 Å². The van der Waals surface area contributed by atoms with Gasteiger partial charge in [0, 0.05) is 42.2 Å². The fourth-order valence-corrected chi connectivity index (χ4v) is 5.84. The molecule has 1 aliphatic carbocycles. The molecule has 0 spiro atoms. The average Bonchev–Trinajstić information content (AvgIpc) is 2.80. The lowest BCUT2D eigenvalue weighted by atomic mass is 9.80. The summed E-state index contributed by atoms with van der Waals surface area (Å²) in [6, 6.07) is 9.06. The zero-order chi connectivity index (χ0) is 17.0. The molecular formula is C21H28N2O2. The number of fused-ring (bicyclic) bond motifs is 7. The van der Waals surface area contributed by atoms with Crippen LogP contribution in [0.3, 0.4) is 0 Å². The van der Waals surface area contributed by atoms with Crippen LogP contribution in [0.1, 0.15) is 43.0 Å². The lowest BCUT2D eigenvalue weighted by molar-refractivity contribution is 0.0233. The fraction of sp³-hybridized carbons (Fsp3) is 0.619. The van der Waals surface area contributed by atoms with Crippen molar-refractivity contribution in [3.63, 3.8) is 0 Å². The molecule has 3 heterocycles. The minimum absolute atomic E-state index is 0.0414. The van der Waals surface area contributed by atoms with E-state index < -0.39 is 0 Å². The molecule has 4 nitrogen and oxygen atoms in total. The van der Waals surface area contributed by atoms with Crippen LogP contribution < -0.4 is 0 Å². The third-order valence-corrected chi connectivity index (χ3v) is 7.11. The Hall–Kier alpha value is -1.36. The van der Waals surface area contributed by atoms with Crippen LogP contribution in [0.2, 0.25) is 0 Å². The number of rotatable bonds is 1. The van der Waals surface area contributed by atoms with E-state index in [1.54, 1.807) is 0 Å². The predicted molar refractivity (Wildman–Crippen MR) is 98.3 cm³/mol. The van der Waals surface area contributed by atoms with Crippen LogP contribution in [0.15, 0.2) is 24.3 Å². The Kier molecular flexibility index (Phi) is 3.88. The Labute approximate surface area is 148 Å². The Morgan fingerprint density at radius 3 is 2.92 bits per heavy atom. The maximum absolute atomic E-state index is 10.5. The molecule has 3 N–H and O–H groups in total. The van der Waals surface area contributed by atoms with Crippen molar-refractivity contribution in [3.05, 3.63) is 35.5 Å². The second-order valence-corrected chi connectivity index (χ2v) is 8.41. The Morgan fingerprint density at radius 1 is 1.16 bits per heavy atom. The minimum atomic E-state index is -0.336. The predicted octanol–water partition coefficient (Wildman–Crippen LogP) is 2.86. The Bertz CT molecular complexity index is 770. The monoisotopic (exact) mass is 340 g/mol. The zero-order valence-corrected chi connectivity index (χ0v) is 14.7. The van der Waals surface area contributed by atoms with Crippen molar-refractivity contribution in [2.24, 2.45) is 17.8 Å². The number of aliphatic hydroxyl groups is 2. The molecule has 134 valence electrons. The van der Waals surface area contributed by atoms with E-state index in [9.17, 15) is 10.2 Å². The van der Waals surface area contributed by atoms with Crippen molar-refractivity contribution >= 4 is 10.9 Å². The van der Waals surface area contributed by atoms with Crippen LogP contribution in [0.5, 0.6) is 0 Å². The van der Waals surface area contributed by atoms with Gasteiger partial charge in [-0.05, 0) is 55.6 Å². The number of H-pyrrole nitrogens is 1. The summed E-state index contributed by atoms with van der Waals surface area (Å²) in [7, 11) is 0. The highest BCUT2D eigenvalue weighted by Crippen LogP contribution is 2.46. The smallest absolute Gasteiger partial charge is 0.0593 e. The number of hydrogen-bond acceptors (Lipinski definition) is 3. The molecule has 4 heteroatoms. The van der Waals surface area contributed by atoms with Gasteiger partial charge in [0.05, 0.1) is 12.1 Å². The Balaban J connectivity index is 1.56. The molecule has 2 fully saturated rings. The molecule has 5 rings (SSSR count). The number of nitrogens with zero attached hydrogens (tertiary/aromatic N) is 1. The van der Waals surface area contributed by atoms with Gasteiger partial charge in [0.1, 0.15) is 0 Å². The quantitative estimate of drug-likeness (QED) is 0.748. The largest absolute Gasteiger partial charge is 0.396 e. The number of aromatic amines is 1. The normalized spacial score (nSPS) is 35.7. The molecule has 1 aromatic heterocycles. The van der Waals surface area contributed by atoms with Gasteiger partial charge in [-0.3, -0.25) is 4.90 Å². The molecule has 1 saturated carbocycles. The molecule has 25 heavy (non-hydrogen) atoms. The van der Waals surface area contributed by atoms with Crippen molar-refractivity contribution in [1.29, 1.82) is 0 Å². The van der Waals surface area contributed by atoms with Crippen molar-refractivity contribution in [2.45, 2.75) is 44.2 Å². The van der Waals surface area contributed by atoms with Crippen LogP contribution in [0.25, 0.3) is 10.9 Å². The molecule has 5 atom stereocenters. The van der Waals surface area contributed by atoms with Gasteiger partial charge >= 0.3 is 0 Å². The molecule has 1 aromatic carbocycles. The summed E-state index contributed by atoms with van der Waals surface area (Å²) in [6.45, 7) is 2.39. The molecule has 0 radical (unpaired) electrons. The number of hydrogen-bond donors (Lipinski definition) is 3. The van der Waals surface area contributed by atoms with Crippen LogP contribution in [-0.2, 0) is 6.42 Å². The van der Waals surface area contributed by atoms with E-state index in [-0.39, 0.29) is 18.6 Å². The molecule has 2 aliphatic heterocycles. The molecule has 1 saturated heterocycles. The number of aromatic nitrogens is 1. The highest BCUT2D eigenvalue weighted by molar-refractivity contribution is 5.85. The minimum Gasteiger partial charge on any atom is -0.396 e. The SMILES string of the molecule is OC[C@@H]1[C@@H]2C[C@H](CC[C@@H]1O)CN1CCc3c([nH]c4ccccc34)[C@@H]1C2. The highest BCUT2D eigenvalue weighted by Gasteiger charge is 2.42. The summed E-state index contributed by atoms with van der Waals surface area (Å²) in [5, 5.41) is 21.8. The van der Waals surface area contributed by atoms with E-state index in [0.29, 0.717) is 17.9 Å². The van der Waals surface area contributed by atoms with Gasteiger partial charge in [0.25, 0.3) is 0 Å². The third-order valence-electron chi connectivity index (χ3n) is 7.11. The number of nitrogens with one attached hydrogen (secondary N) is 1. The summed E-state index contributed by atoms with van der Waals surface area (Å²) in [5.74, 6) is 1.12. The number of benzene rings is 1. The summed E-state index contributed by atoms with van der Waals surface area (Å²) in [4.78, 5) is 6.39. The molecule has 2 aromatic rings. The van der Waals surface area contributed by atoms with Crippen molar-refractivity contribution < 1.29 is 10.2 Å². The van der Waals surface area contributed by atoms with E-state index in [0.717, 1.165) is 45.2 Å². The lowest BCUT2D eigenvalue weighted by Gasteiger charge is -2.37. The van der Waals surface area contributed by atoms with E-state index in [4.69, 9.17) is 0 Å². The van der Waals surface area contributed by atoms with Crippen LogP contribution in [-0.4, -0.2) is 45.9 Å². The van der Waals surface area contributed by atoms with Gasteiger partial charge in [-0.2, -0.15) is 0 Å². The van der Waals surface area contributed by atoms with Gasteiger partial charge in [-0.1, -0.05) is 18.2 Å². The molecule has 2 bridgehead atoms. The van der Waals surface area contributed by atoms with Gasteiger partial charge in [0.2, 0.25) is 0 Å². The topological polar surface area (TPSA) is 59.5 Å².